The Morgan fingerprint density at radius 1 is 0.926 bits per heavy atom. The van der Waals surface area contributed by atoms with Crippen LogP contribution in [0.4, 0.5) is 4.39 Å². The van der Waals surface area contributed by atoms with Gasteiger partial charge in [-0.3, -0.25) is 0 Å². The van der Waals surface area contributed by atoms with Gasteiger partial charge in [0.2, 0.25) is 0 Å². The van der Waals surface area contributed by atoms with E-state index in [0.29, 0.717) is 0 Å². The SMILES string of the molecule is O=S(=O)(CCc1cc(-c2ccccc2)ccc1F)c1cc(Cl)cc(Cl)c1O. The second kappa shape index (κ2) is 7.89. The third-order valence-corrected chi connectivity index (χ3v) is 6.35. The zero-order valence-corrected chi connectivity index (χ0v) is 16.3. The number of hydrogen-bond acceptors (Lipinski definition) is 3. The highest BCUT2D eigenvalue weighted by molar-refractivity contribution is 7.91. The number of hydrogen-bond donors (Lipinski definition) is 1. The number of aryl methyl sites for hydroxylation is 1. The van der Waals surface area contributed by atoms with Gasteiger partial charge < -0.3 is 5.11 Å². The molecule has 3 rings (SSSR count). The summed E-state index contributed by atoms with van der Waals surface area (Å²) >= 11 is 11.6. The molecular formula is C20H15Cl2FO3S. The predicted molar refractivity (Wildman–Crippen MR) is 106 cm³/mol. The summed E-state index contributed by atoms with van der Waals surface area (Å²) in [4.78, 5) is -0.361. The largest absolute Gasteiger partial charge is 0.505 e. The Bertz CT molecular complexity index is 1080. The zero-order valence-electron chi connectivity index (χ0n) is 14.0. The fraction of sp³-hybridized carbons (Fsp3) is 0.100. The van der Waals surface area contributed by atoms with Crippen molar-refractivity contribution in [1.82, 2.24) is 0 Å². The number of rotatable bonds is 5. The lowest BCUT2D eigenvalue weighted by atomic mass is 10.0. The van der Waals surface area contributed by atoms with Crippen LogP contribution in [-0.2, 0) is 16.3 Å². The van der Waals surface area contributed by atoms with Gasteiger partial charge in [0, 0.05) is 5.02 Å². The molecule has 0 bridgehead atoms. The number of phenolic OH excluding ortho intramolecular Hbond substituents is 1. The molecule has 0 radical (unpaired) electrons. The molecule has 3 aromatic carbocycles. The van der Waals surface area contributed by atoms with Gasteiger partial charge in [0.25, 0.3) is 0 Å². The van der Waals surface area contributed by atoms with Crippen LogP contribution in [0.15, 0.2) is 65.6 Å². The molecule has 0 aromatic heterocycles. The lowest BCUT2D eigenvalue weighted by molar-refractivity contribution is 0.459. The Morgan fingerprint density at radius 3 is 2.33 bits per heavy atom. The van der Waals surface area contributed by atoms with E-state index in [1.54, 1.807) is 12.1 Å². The average Bonchev–Trinajstić information content (AvgIpc) is 2.64. The van der Waals surface area contributed by atoms with Crippen molar-refractivity contribution in [2.24, 2.45) is 0 Å². The minimum Gasteiger partial charge on any atom is -0.505 e. The Balaban J connectivity index is 1.88. The van der Waals surface area contributed by atoms with E-state index in [0.717, 1.165) is 17.2 Å². The topological polar surface area (TPSA) is 54.4 Å². The summed E-state index contributed by atoms with van der Waals surface area (Å²) in [5.41, 5.74) is 1.96. The van der Waals surface area contributed by atoms with Gasteiger partial charge in [-0.2, -0.15) is 0 Å². The first-order chi connectivity index (χ1) is 12.8. The molecule has 0 fully saturated rings. The van der Waals surface area contributed by atoms with Crippen molar-refractivity contribution in [2.75, 3.05) is 5.75 Å². The van der Waals surface area contributed by atoms with Gasteiger partial charge in [0.15, 0.2) is 15.6 Å². The Labute approximate surface area is 166 Å². The van der Waals surface area contributed by atoms with Crippen LogP contribution in [0.1, 0.15) is 5.56 Å². The van der Waals surface area contributed by atoms with Gasteiger partial charge in [-0.15, -0.1) is 0 Å². The van der Waals surface area contributed by atoms with Crippen LogP contribution in [0.2, 0.25) is 10.0 Å². The van der Waals surface area contributed by atoms with Gasteiger partial charge in [0.05, 0.1) is 10.8 Å². The Morgan fingerprint density at radius 2 is 1.63 bits per heavy atom. The average molecular weight is 425 g/mol. The molecule has 0 saturated carbocycles. The highest BCUT2D eigenvalue weighted by Crippen LogP contribution is 2.35. The van der Waals surface area contributed by atoms with Gasteiger partial charge in [0.1, 0.15) is 10.7 Å². The van der Waals surface area contributed by atoms with Crippen molar-refractivity contribution in [1.29, 1.82) is 0 Å². The van der Waals surface area contributed by atoms with E-state index >= 15 is 0 Å². The molecule has 0 atom stereocenters. The van der Waals surface area contributed by atoms with E-state index < -0.39 is 27.2 Å². The monoisotopic (exact) mass is 424 g/mol. The van der Waals surface area contributed by atoms with E-state index in [4.69, 9.17) is 23.2 Å². The Kier molecular flexibility index (Phi) is 5.75. The van der Waals surface area contributed by atoms with Crippen molar-refractivity contribution < 1.29 is 17.9 Å². The molecular weight excluding hydrogens is 410 g/mol. The molecule has 0 aliphatic carbocycles. The number of sulfone groups is 1. The Hall–Kier alpha value is -2.08. The van der Waals surface area contributed by atoms with Crippen LogP contribution in [0, 0.1) is 5.82 Å². The van der Waals surface area contributed by atoms with Crippen LogP contribution in [0.3, 0.4) is 0 Å². The third kappa shape index (κ3) is 4.43. The molecule has 0 aliphatic heterocycles. The van der Waals surface area contributed by atoms with Crippen molar-refractivity contribution in [3.63, 3.8) is 0 Å². The summed E-state index contributed by atoms with van der Waals surface area (Å²) in [6.07, 6.45) is -0.0571. The standard InChI is InChI=1S/C20H15Cl2FO3S/c21-16-11-17(22)20(24)19(12-16)27(25,26)9-8-15-10-14(6-7-18(15)23)13-4-2-1-3-5-13/h1-7,10-12,24H,8-9H2. The molecule has 0 amide bonds. The maximum atomic E-state index is 14.2. The first kappa shape index (κ1) is 19.7. The summed E-state index contributed by atoms with van der Waals surface area (Å²) in [7, 11) is -3.91. The van der Waals surface area contributed by atoms with E-state index in [2.05, 4.69) is 0 Å². The number of benzene rings is 3. The van der Waals surface area contributed by atoms with E-state index in [-0.39, 0.29) is 26.9 Å². The van der Waals surface area contributed by atoms with Crippen molar-refractivity contribution >= 4 is 33.0 Å². The van der Waals surface area contributed by atoms with E-state index in [1.165, 1.54) is 12.1 Å². The van der Waals surface area contributed by atoms with Gasteiger partial charge in [-0.25, -0.2) is 12.8 Å². The van der Waals surface area contributed by atoms with Crippen LogP contribution < -0.4 is 0 Å². The molecule has 3 aromatic rings. The smallest absolute Gasteiger partial charge is 0.182 e. The molecule has 0 saturated heterocycles. The van der Waals surface area contributed by atoms with Crippen molar-refractivity contribution in [2.45, 2.75) is 11.3 Å². The summed E-state index contributed by atoms with van der Waals surface area (Å²) in [5, 5.41) is 9.90. The lowest BCUT2D eigenvalue weighted by Crippen LogP contribution is -2.10. The predicted octanol–water partition coefficient (Wildman–Crippen LogP) is 5.52. The normalized spacial score (nSPS) is 11.5. The van der Waals surface area contributed by atoms with Crippen LogP contribution in [0.25, 0.3) is 11.1 Å². The summed E-state index contributed by atoms with van der Waals surface area (Å²) in [5.74, 6) is -1.44. The minimum absolute atomic E-state index is 0.0571. The molecule has 3 nitrogen and oxygen atoms in total. The number of phenols is 1. The molecule has 0 spiro atoms. The van der Waals surface area contributed by atoms with Gasteiger partial charge in [-0.1, -0.05) is 59.6 Å². The van der Waals surface area contributed by atoms with E-state index in [1.807, 2.05) is 30.3 Å². The van der Waals surface area contributed by atoms with Crippen molar-refractivity contribution in [3.05, 3.63) is 82.1 Å². The lowest BCUT2D eigenvalue weighted by Gasteiger charge is -2.10. The fourth-order valence-electron chi connectivity index (χ4n) is 2.71. The van der Waals surface area contributed by atoms with E-state index in [9.17, 15) is 17.9 Å². The number of aromatic hydroxyl groups is 1. The third-order valence-electron chi connectivity index (χ3n) is 4.12. The molecule has 0 aliphatic rings. The highest BCUT2D eigenvalue weighted by Gasteiger charge is 2.22. The van der Waals surface area contributed by atoms with Crippen LogP contribution in [-0.4, -0.2) is 19.3 Å². The maximum absolute atomic E-state index is 14.2. The quantitative estimate of drug-likeness (QED) is 0.586. The first-order valence-electron chi connectivity index (χ1n) is 8.02. The summed E-state index contributed by atoms with van der Waals surface area (Å²) < 4.78 is 39.4. The highest BCUT2D eigenvalue weighted by atomic mass is 35.5. The molecule has 27 heavy (non-hydrogen) atoms. The number of halogens is 3. The second-order valence-corrected chi connectivity index (χ2v) is 8.90. The second-order valence-electron chi connectivity index (χ2n) is 5.98. The zero-order chi connectivity index (χ0) is 19.6. The van der Waals surface area contributed by atoms with Gasteiger partial charge in [-0.05, 0) is 47.4 Å². The van der Waals surface area contributed by atoms with Crippen LogP contribution in [0.5, 0.6) is 5.75 Å². The van der Waals surface area contributed by atoms with Crippen molar-refractivity contribution in [3.8, 4) is 16.9 Å². The fourth-order valence-corrected chi connectivity index (χ4v) is 4.74. The van der Waals surface area contributed by atoms with Gasteiger partial charge >= 0.3 is 0 Å². The maximum Gasteiger partial charge on any atom is 0.182 e. The summed E-state index contributed by atoms with van der Waals surface area (Å²) in [6, 6.07) is 16.4. The minimum atomic E-state index is -3.91. The van der Waals surface area contributed by atoms with Crippen LogP contribution >= 0.6 is 23.2 Å². The first-order valence-corrected chi connectivity index (χ1v) is 10.4. The molecule has 1 N–H and O–H groups in total. The molecule has 0 unspecified atom stereocenters. The molecule has 0 heterocycles. The molecule has 7 heteroatoms. The molecule has 140 valence electrons. The summed E-state index contributed by atoms with van der Waals surface area (Å²) in [6.45, 7) is 0.